The number of nitro benzene ring substituents is 1. The lowest BCUT2D eigenvalue weighted by atomic mass is 10.1. The van der Waals surface area contributed by atoms with Gasteiger partial charge in [-0.2, -0.15) is 0 Å². The van der Waals surface area contributed by atoms with Crippen molar-refractivity contribution in [2.24, 2.45) is 4.99 Å². The number of rotatable bonds is 5. The Morgan fingerprint density at radius 3 is 2.81 bits per heavy atom. The van der Waals surface area contributed by atoms with E-state index >= 15 is 0 Å². The van der Waals surface area contributed by atoms with E-state index in [2.05, 4.69) is 10.3 Å². The fourth-order valence-corrected chi connectivity index (χ4v) is 3.15. The molecule has 0 unspecified atom stereocenters. The van der Waals surface area contributed by atoms with Crippen LogP contribution in [0.1, 0.15) is 12.5 Å². The topological polar surface area (TPSA) is 117 Å². The first-order valence-electron chi connectivity index (χ1n) is 7.95. The van der Waals surface area contributed by atoms with Gasteiger partial charge in [-0.1, -0.05) is 18.2 Å². The number of carbonyl (C=O) groups excluding carboxylic acids is 1. The van der Waals surface area contributed by atoms with Crippen LogP contribution in [0.25, 0.3) is 6.08 Å². The second-order valence-corrected chi connectivity index (χ2v) is 6.39. The average Bonchev–Trinajstić information content (AvgIpc) is 2.97. The number of carbonyl (C=O) groups is 1. The second-order valence-electron chi connectivity index (χ2n) is 5.36. The van der Waals surface area contributed by atoms with Gasteiger partial charge in [-0.15, -0.1) is 5.75 Å². The Labute approximate surface area is 158 Å². The normalized spacial score (nSPS) is 16.6. The first-order valence-corrected chi connectivity index (χ1v) is 8.76. The summed E-state index contributed by atoms with van der Waals surface area (Å²) in [5.74, 6) is -0.257. The van der Waals surface area contributed by atoms with Crippen LogP contribution in [0.5, 0.6) is 11.5 Å². The van der Waals surface area contributed by atoms with Crippen molar-refractivity contribution in [2.75, 3.05) is 6.61 Å². The fraction of sp³-hybridized carbons (Fsp3) is 0.111. The minimum absolute atomic E-state index is 0.0674. The highest BCUT2D eigenvalue weighted by atomic mass is 32.2. The lowest BCUT2D eigenvalue weighted by Crippen LogP contribution is -2.19. The first kappa shape index (κ1) is 18.5. The molecule has 27 heavy (non-hydrogen) atoms. The molecule has 1 saturated heterocycles. The van der Waals surface area contributed by atoms with Gasteiger partial charge in [0.1, 0.15) is 11.4 Å². The van der Waals surface area contributed by atoms with Crippen molar-refractivity contribution in [2.45, 2.75) is 6.92 Å². The zero-order chi connectivity index (χ0) is 19.4. The summed E-state index contributed by atoms with van der Waals surface area (Å²) in [7, 11) is 0. The van der Waals surface area contributed by atoms with Gasteiger partial charge < -0.3 is 15.2 Å². The summed E-state index contributed by atoms with van der Waals surface area (Å²) in [5, 5.41) is 25.7. The summed E-state index contributed by atoms with van der Waals surface area (Å²) in [6.07, 6.45) is 1.33. The number of thioether (sulfide) groups is 1. The average molecular weight is 384 g/mol. The van der Waals surface area contributed by atoms with E-state index in [9.17, 15) is 20.0 Å². The highest BCUT2D eigenvalue weighted by Gasteiger charge is 2.24. The largest absolute Gasteiger partial charge is 0.872 e. The highest BCUT2D eigenvalue weighted by Crippen LogP contribution is 2.33. The number of nitrogens with one attached hydrogen (secondary N) is 1. The summed E-state index contributed by atoms with van der Waals surface area (Å²) in [6.45, 7) is 2.34. The van der Waals surface area contributed by atoms with Gasteiger partial charge in [-0.25, -0.2) is 4.99 Å². The van der Waals surface area contributed by atoms with Crippen LogP contribution in [-0.4, -0.2) is 22.6 Å². The monoisotopic (exact) mass is 384 g/mol. The van der Waals surface area contributed by atoms with Crippen molar-refractivity contribution in [3.63, 3.8) is 0 Å². The van der Waals surface area contributed by atoms with Crippen molar-refractivity contribution in [1.82, 2.24) is 5.32 Å². The maximum absolute atomic E-state index is 12.2. The van der Waals surface area contributed by atoms with Gasteiger partial charge in [0.05, 0.1) is 16.4 Å². The number of ether oxygens (including phenoxy) is 1. The molecule has 0 radical (unpaired) electrons. The third kappa shape index (κ3) is 4.26. The van der Waals surface area contributed by atoms with Crippen LogP contribution < -0.4 is 15.2 Å². The molecule has 0 spiro atoms. The molecule has 1 aliphatic heterocycles. The van der Waals surface area contributed by atoms with Crippen LogP contribution >= 0.6 is 11.8 Å². The summed E-state index contributed by atoms with van der Waals surface area (Å²) >= 11 is 1.04. The molecule has 3 rings (SSSR count). The minimum atomic E-state index is -0.596. The number of nitrogens with zero attached hydrogens (tertiary/aromatic N) is 2. The number of nitro groups is 1. The molecule has 1 heterocycles. The van der Waals surface area contributed by atoms with E-state index in [0.717, 1.165) is 30.0 Å². The Balaban J connectivity index is 1.89. The molecule has 0 aliphatic carbocycles. The van der Waals surface area contributed by atoms with Crippen LogP contribution in [0.4, 0.5) is 11.4 Å². The van der Waals surface area contributed by atoms with E-state index in [0.29, 0.717) is 23.2 Å². The molecule has 0 bridgehead atoms. The molecular weight excluding hydrogens is 370 g/mol. The smallest absolute Gasteiger partial charge is 0.269 e. The number of hydrogen-bond donors (Lipinski definition) is 1. The van der Waals surface area contributed by atoms with Gasteiger partial charge in [-0.05, 0) is 42.5 Å². The number of non-ortho nitro benzene ring substituents is 1. The summed E-state index contributed by atoms with van der Waals surface area (Å²) in [5.41, 5.74) is 0.408. The minimum Gasteiger partial charge on any atom is -0.872 e. The number of amides is 1. The van der Waals surface area contributed by atoms with Gasteiger partial charge in [0.2, 0.25) is 0 Å². The quantitative estimate of drug-likeness (QED) is 0.481. The van der Waals surface area contributed by atoms with Crippen molar-refractivity contribution < 1.29 is 19.6 Å². The number of aliphatic imine (C=N–C) groups is 1. The Bertz CT molecular complexity index is 971. The van der Waals surface area contributed by atoms with Crippen molar-refractivity contribution in [3.8, 4) is 11.5 Å². The van der Waals surface area contributed by atoms with Gasteiger partial charge in [0.25, 0.3) is 11.6 Å². The van der Waals surface area contributed by atoms with Crippen molar-refractivity contribution >= 4 is 40.3 Å². The molecule has 1 fully saturated rings. The predicted molar refractivity (Wildman–Crippen MR) is 101 cm³/mol. The third-order valence-electron chi connectivity index (χ3n) is 3.53. The Kier molecular flexibility index (Phi) is 5.41. The van der Waals surface area contributed by atoms with E-state index in [-0.39, 0.29) is 16.2 Å². The summed E-state index contributed by atoms with van der Waals surface area (Å²) in [4.78, 5) is 27.1. The highest BCUT2D eigenvalue weighted by molar-refractivity contribution is 8.18. The van der Waals surface area contributed by atoms with Crippen molar-refractivity contribution in [1.29, 1.82) is 0 Å². The van der Waals surface area contributed by atoms with E-state index in [1.54, 1.807) is 18.2 Å². The van der Waals surface area contributed by atoms with E-state index in [1.807, 2.05) is 13.0 Å². The molecule has 0 aromatic heterocycles. The van der Waals surface area contributed by atoms with Gasteiger partial charge in [0.15, 0.2) is 5.17 Å². The molecule has 2 aromatic rings. The molecule has 1 N–H and O–H groups in total. The summed E-state index contributed by atoms with van der Waals surface area (Å²) in [6, 6.07) is 10.5. The van der Waals surface area contributed by atoms with Crippen LogP contribution in [0.2, 0.25) is 0 Å². The Hall–Kier alpha value is -3.33. The zero-order valence-corrected chi connectivity index (χ0v) is 15.0. The van der Waals surface area contributed by atoms with Crippen LogP contribution in [-0.2, 0) is 4.79 Å². The molecule has 138 valence electrons. The standard InChI is InChI=1S/C18H15N3O5S/c1-2-26-15-6-4-3-5-13(15)19-18-20-17(23)16(27-18)10-11-9-12(21(24)25)7-8-14(11)22/h3-10,22H,2H2,1H3,(H,19,20,23)/p-1/b16-10-. The summed E-state index contributed by atoms with van der Waals surface area (Å²) < 4.78 is 5.50. The zero-order valence-electron chi connectivity index (χ0n) is 14.2. The van der Waals surface area contributed by atoms with Gasteiger partial charge in [-0.3, -0.25) is 14.9 Å². The molecule has 8 nitrogen and oxygen atoms in total. The van der Waals surface area contributed by atoms with E-state index in [4.69, 9.17) is 4.74 Å². The number of hydrogen-bond acceptors (Lipinski definition) is 7. The molecule has 1 aliphatic rings. The number of para-hydroxylation sites is 2. The molecule has 2 aromatic carbocycles. The molecule has 9 heteroatoms. The van der Waals surface area contributed by atoms with Gasteiger partial charge in [0, 0.05) is 12.1 Å². The SMILES string of the molecule is CCOc1ccccc1N=C1NC(=O)/C(=C/c2cc([N+](=O)[O-])ccc2[O-])S1. The number of amidine groups is 1. The van der Waals surface area contributed by atoms with E-state index < -0.39 is 16.6 Å². The van der Waals surface area contributed by atoms with Gasteiger partial charge >= 0.3 is 0 Å². The Morgan fingerprint density at radius 2 is 2.07 bits per heavy atom. The lowest BCUT2D eigenvalue weighted by molar-refractivity contribution is -0.385. The van der Waals surface area contributed by atoms with E-state index in [1.165, 1.54) is 6.08 Å². The third-order valence-corrected chi connectivity index (χ3v) is 4.44. The number of benzene rings is 2. The molecule has 0 atom stereocenters. The molecule has 0 saturated carbocycles. The predicted octanol–water partition coefficient (Wildman–Crippen LogP) is 2.96. The lowest BCUT2D eigenvalue weighted by Gasteiger charge is -2.09. The molecule has 1 amide bonds. The maximum atomic E-state index is 12.2. The van der Waals surface area contributed by atoms with Crippen LogP contribution in [0.3, 0.4) is 0 Å². The molecular formula is C18H14N3O5S-. The maximum Gasteiger partial charge on any atom is 0.269 e. The van der Waals surface area contributed by atoms with Crippen LogP contribution in [0.15, 0.2) is 52.4 Å². The fourth-order valence-electron chi connectivity index (χ4n) is 2.32. The second kappa shape index (κ2) is 7.92. The van der Waals surface area contributed by atoms with Crippen LogP contribution in [0, 0.1) is 10.1 Å². The Morgan fingerprint density at radius 1 is 1.30 bits per heavy atom. The first-order chi connectivity index (χ1) is 13.0. The van der Waals surface area contributed by atoms with Crippen molar-refractivity contribution in [3.05, 3.63) is 63.0 Å².